The number of carbonyl (C=O) groups excluding carboxylic acids is 1. The average molecular weight is 229 g/mol. The first kappa shape index (κ1) is 13.5. The Labute approximate surface area is 97.6 Å². The molecular formula is C12H23NO3. The lowest BCUT2D eigenvalue weighted by molar-refractivity contribution is -0.147. The zero-order chi connectivity index (χ0) is 11.8. The number of nitrogens with zero attached hydrogens (tertiary/aromatic N) is 1. The lowest BCUT2D eigenvalue weighted by Crippen LogP contribution is -2.39. The van der Waals surface area contributed by atoms with Gasteiger partial charge in [0.05, 0.1) is 13.0 Å². The number of piperidine rings is 1. The predicted molar refractivity (Wildman–Crippen MR) is 62.1 cm³/mol. The molecule has 16 heavy (non-hydrogen) atoms. The molecule has 1 fully saturated rings. The lowest BCUT2D eigenvalue weighted by Gasteiger charge is -2.31. The third kappa shape index (κ3) is 4.49. The smallest absolute Gasteiger partial charge is 0.309 e. The van der Waals surface area contributed by atoms with Crippen LogP contribution in [0.15, 0.2) is 0 Å². The van der Waals surface area contributed by atoms with Gasteiger partial charge in [0.1, 0.15) is 0 Å². The Morgan fingerprint density at radius 3 is 2.94 bits per heavy atom. The number of carbonyl (C=O) groups is 1. The summed E-state index contributed by atoms with van der Waals surface area (Å²) in [6, 6.07) is 0. The van der Waals surface area contributed by atoms with Gasteiger partial charge >= 0.3 is 5.97 Å². The summed E-state index contributed by atoms with van der Waals surface area (Å²) < 4.78 is 4.78. The van der Waals surface area contributed by atoms with Gasteiger partial charge < -0.3 is 14.7 Å². The van der Waals surface area contributed by atoms with Crippen molar-refractivity contribution in [1.82, 2.24) is 4.90 Å². The number of unbranched alkanes of at least 4 members (excludes halogenated alkanes) is 2. The van der Waals surface area contributed by atoms with Crippen LogP contribution in [0.1, 0.15) is 32.1 Å². The van der Waals surface area contributed by atoms with E-state index in [2.05, 4.69) is 4.90 Å². The van der Waals surface area contributed by atoms with Gasteiger partial charge in [-0.1, -0.05) is 0 Å². The van der Waals surface area contributed by atoms with Crippen molar-refractivity contribution < 1.29 is 14.6 Å². The van der Waals surface area contributed by atoms with Crippen LogP contribution in [0.2, 0.25) is 0 Å². The van der Waals surface area contributed by atoms with E-state index in [0.717, 1.165) is 51.7 Å². The first-order chi connectivity index (χ1) is 7.77. The Morgan fingerprint density at radius 1 is 1.44 bits per heavy atom. The van der Waals surface area contributed by atoms with Crippen molar-refractivity contribution in [1.29, 1.82) is 0 Å². The first-order valence-electron chi connectivity index (χ1n) is 6.19. The Kier molecular flexibility index (Phi) is 6.42. The molecule has 1 atom stereocenters. The van der Waals surface area contributed by atoms with Gasteiger partial charge in [0.25, 0.3) is 0 Å². The van der Waals surface area contributed by atoms with Crippen molar-refractivity contribution in [3.05, 3.63) is 0 Å². The molecule has 1 N–H and O–H groups in total. The summed E-state index contributed by atoms with van der Waals surface area (Å²) >= 11 is 0. The zero-order valence-corrected chi connectivity index (χ0v) is 10.2. The van der Waals surface area contributed by atoms with Crippen molar-refractivity contribution in [3.8, 4) is 0 Å². The molecule has 1 aliphatic rings. The molecule has 0 aromatic heterocycles. The van der Waals surface area contributed by atoms with Crippen molar-refractivity contribution in [2.24, 2.45) is 5.92 Å². The Morgan fingerprint density at radius 2 is 2.25 bits per heavy atom. The van der Waals surface area contributed by atoms with E-state index < -0.39 is 0 Å². The number of rotatable bonds is 6. The molecule has 0 aliphatic carbocycles. The van der Waals surface area contributed by atoms with Crippen LogP contribution in [-0.4, -0.2) is 49.3 Å². The number of likely N-dealkylation sites (tertiary alicyclic amines) is 1. The normalized spacial score (nSPS) is 22.0. The third-order valence-electron chi connectivity index (χ3n) is 3.17. The third-order valence-corrected chi connectivity index (χ3v) is 3.17. The molecule has 0 bridgehead atoms. The maximum absolute atomic E-state index is 11.4. The monoisotopic (exact) mass is 229 g/mol. The molecule has 94 valence electrons. The van der Waals surface area contributed by atoms with Gasteiger partial charge in [0.15, 0.2) is 0 Å². The fourth-order valence-electron chi connectivity index (χ4n) is 2.24. The van der Waals surface area contributed by atoms with Crippen molar-refractivity contribution in [3.63, 3.8) is 0 Å². The van der Waals surface area contributed by atoms with Gasteiger partial charge in [-0.3, -0.25) is 4.79 Å². The molecule has 1 saturated heterocycles. The van der Waals surface area contributed by atoms with Crippen LogP contribution in [0, 0.1) is 5.92 Å². The van der Waals surface area contributed by atoms with Gasteiger partial charge in [0, 0.05) is 13.2 Å². The summed E-state index contributed by atoms with van der Waals surface area (Å²) in [6.45, 7) is 3.25. The number of methoxy groups -OCH3 is 1. The quantitative estimate of drug-likeness (QED) is 0.546. The van der Waals surface area contributed by atoms with Gasteiger partial charge in [0.2, 0.25) is 0 Å². The van der Waals surface area contributed by atoms with E-state index in [1.54, 1.807) is 0 Å². The van der Waals surface area contributed by atoms with Crippen molar-refractivity contribution in [2.45, 2.75) is 32.1 Å². The second kappa shape index (κ2) is 7.63. The number of aliphatic hydroxyl groups excluding tert-OH is 1. The first-order valence-corrected chi connectivity index (χ1v) is 6.19. The number of hydrogen-bond donors (Lipinski definition) is 1. The average Bonchev–Trinajstić information content (AvgIpc) is 2.34. The molecule has 4 nitrogen and oxygen atoms in total. The second-order valence-electron chi connectivity index (χ2n) is 4.45. The fourth-order valence-corrected chi connectivity index (χ4v) is 2.24. The van der Waals surface area contributed by atoms with Crippen LogP contribution >= 0.6 is 0 Å². The van der Waals surface area contributed by atoms with E-state index in [1.165, 1.54) is 7.11 Å². The fraction of sp³-hybridized carbons (Fsp3) is 0.917. The Bertz CT molecular complexity index is 208. The number of esters is 1. The molecule has 0 saturated carbocycles. The minimum absolute atomic E-state index is 0.0663. The molecule has 0 aromatic rings. The zero-order valence-electron chi connectivity index (χ0n) is 10.2. The highest BCUT2D eigenvalue weighted by molar-refractivity contribution is 5.72. The van der Waals surface area contributed by atoms with Crippen molar-refractivity contribution in [2.75, 3.05) is 33.4 Å². The Hall–Kier alpha value is -0.610. The standard InChI is InChI=1S/C12H23NO3/c1-16-12(15)11-6-5-8-13(10-11)7-3-2-4-9-14/h11,14H,2-10H2,1H3/t11-/m0/s1. The molecule has 0 radical (unpaired) electrons. The van der Waals surface area contributed by atoms with Crippen LogP contribution in [0.4, 0.5) is 0 Å². The van der Waals surface area contributed by atoms with Gasteiger partial charge in [-0.2, -0.15) is 0 Å². The molecule has 0 unspecified atom stereocenters. The van der Waals surface area contributed by atoms with E-state index in [4.69, 9.17) is 9.84 Å². The molecule has 1 aliphatic heterocycles. The number of aliphatic hydroxyl groups is 1. The summed E-state index contributed by atoms with van der Waals surface area (Å²) in [5.41, 5.74) is 0. The summed E-state index contributed by atoms with van der Waals surface area (Å²) in [6.07, 6.45) is 5.10. The minimum Gasteiger partial charge on any atom is -0.469 e. The maximum atomic E-state index is 11.4. The summed E-state index contributed by atoms with van der Waals surface area (Å²) in [7, 11) is 1.46. The molecule has 0 spiro atoms. The maximum Gasteiger partial charge on any atom is 0.309 e. The largest absolute Gasteiger partial charge is 0.469 e. The van der Waals surface area contributed by atoms with E-state index in [1.807, 2.05) is 0 Å². The highest BCUT2D eigenvalue weighted by atomic mass is 16.5. The van der Waals surface area contributed by atoms with Crippen LogP contribution in [0.5, 0.6) is 0 Å². The van der Waals surface area contributed by atoms with Crippen LogP contribution in [0.25, 0.3) is 0 Å². The van der Waals surface area contributed by atoms with E-state index in [9.17, 15) is 4.79 Å². The van der Waals surface area contributed by atoms with Crippen LogP contribution in [-0.2, 0) is 9.53 Å². The highest BCUT2D eigenvalue weighted by Gasteiger charge is 2.25. The summed E-state index contributed by atoms with van der Waals surface area (Å²) in [5, 5.41) is 8.68. The number of ether oxygens (including phenoxy) is 1. The Balaban J connectivity index is 2.20. The topological polar surface area (TPSA) is 49.8 Å². The molecule has 0 amide bonds. The molecule has 0 aromatic carbocycles. The van der Waals surface area contributed by atoms with Gasteiger partial charge in [-0.25, -0.2) is 0 Å². The van der Waals surface area contributed by atoms with Gasteiger partial charge in [-0.05, 0) is 45.2 Å². The van der Waals surface area contributed by atoms with Gasteiger partial charge in [-0.15, -0.1) is 0 Å². The number of hydrogen-bond acceptors (Lipinski definition) is 4. The second-order valence-corrected chi connectivity index (χ2v) is 4.45. The SMILES string of the molecule is COC(=O)[C@H]1CCCN(CCCCCO)C1. The molecule has 1 rings (SSSR count). The molecular weight excluding hydrogens is 206 g/mol. The summed E-state index contributed by atoms with van der Waals surface area (Å²) in [4.78, 5) is 13.7. The summed E-state index contributed by atoms with van der Waals surface area (Å²) in [5.74, 6) is -0.00310. The van der Waals surface area contributed by atoms with E-state index in [0.29, 0.717) is 0 Å². The van der Waals surface area contributed by atoms with Crippen LogP contribution < -0.4 is 0 Å². The van der Waals surface area contributed by atoms with Crippen molar-refractivity contribution >= 4 is 5.97 Å². The predicted octanol–water partition coefficient (Wildman–Crippen LogP) is 1.03. The lowest BCUT2D eigenvalue weighted by atomic mass is 9.98. The van der Waals surface area contributed by atoms with Crippen LogP contribution in [0.3, 0.4) is 0 Å². The van der Waals surface area contributed by atoms with E-state index >= 15 is 0 Å². The molecule has 1 heterocycles. The highest BCUT2D eigenvalue weighted by Crippen LogP contribution is 2.18. The minimum atomic E-state index is -0.0694. The van der Waals surface area contributed by atoms with E-state index in [-0.39, 0.29) is 18.5 Å². The molecule has 4 heteroatoms.